The van der Waals surface area contributed by atoms with E-state index in [1.165, 1.54) is 12.8 Å². The Morgan fingerprint density at radius 3 is 2.60 bits per heavy atom. The SMILES string of the molecule is CCCC(CNC(=O)NC1CCCCCC1C)C(=O)O. The van der Waals surface area contributed by atoms with Crippen molar-refractivity contribution in [2.45, 2.75) is 64.8 Å². The van der Waals surface area contributed by atoms with Gasteiger partial charge in [-0.1, -0.05) is 39.5 Å². The van der Waals surface area contributed by atoms with E-state index in [9.17, 15) is 9.59 Å². The second-order valence-electron chi connectivity index (χ2n) is 5.90. The molecule has 2 amide bonds. The standard InChI is InChI=1S/C15H28N2O3/c1-3-7-12(14(18)19)10-16-15(20)17-13-9-6-4-5-8-11(13)2/h11-13H,3-10H2,1-2H3,(H,18,19)(H2,16,17,20). The number of carbonyl (C=O) groups is 2. The molecule has 0 radical (unpaired) electrons. The number of amides is 2. The number of rotatable bonds is 6. The average Bonchev–Trinajstić information content (AvgIpc) is 2.59. The summed E-state index contributed by atoms with van der Waals surface area (Å²) in [5.74, 6) is -0.832. The van der Waals surface area contributed by atoms with Gasteiger partial charge in [0.2, 0.25) is 0 Å². The molecule has 5 nitrogen and oxygen atoms in total. The first-order chi connectivity index (χ1) is 9.54. The average molecular weight is 284 g/mol. The van der Waals surface area contributed by atoms with Crippen LogP contribution in [0.1, 0.15) is 58.8 Å². The lowest BCUT2D eigenvalue weighted by atomic mass is 9.97. The third kappa shape index (κ3) is 5.80. The Morgan fingerprint density at radius 1 is 1.25 bits per heavy atom. The summed E-state index contributed by atoms with van der Waals surface area (Å²) >= 11 is 0. The number of carboxylic acids is 1. The van der Waals surface area contributed by atoms with Crippen LogP contribution < -0.4 is 10.6 Å². The van der Waals surface area contributed by atoms with Crippen molar-refractivity contribution in [3.05, 3.63) is 0 Å². The van der Waals surface area contributed by atoms with Gasteiger partial charge in [0.05, 0.1) is 5.92 Å². The van der Waals surface area contributed by atoms with Crippen molar-refractivity contribution in [2.75, 3.05) is 6.54 Å². The van der Waals surface area contributed by atoms with Gasteiger partial charge in [-0.05, 0) is 25.2 Å². The number of carboxylic acid groups (broad SMARTS) is 1. The molecule has 1 saturated carbocycles. The first kappa shape index (κ1) is 16.8. The van der Waals surface area contributed by atoms with Crippen LogP contribution in [0.15, 0.2) is 0 Å². The van der Waals surface area contributed by atoms with Crippen LogP contribution in [0.2, 0.25) is 0 Å². The number of nitrogens with one attached hydrogen (secondary N) is 2. The minimum absolute atomic E-state index is 0.204. The van der Waals surface area contributed by atoms with E-state index in [0.29, 0.717) is 12.3 Å². The van der Waals surface area contributed by atoms with Gasteiger partial charge in [-0.15, -0.1) is 0 Å². The maximum absolute atomic E-state index is 11.9. The zero-order valence-electron chi connectivity index (χ0n) is 12.7. The predicted octanol–water partition coefficient (Wildman–Crippen LogP) is 2.76. The van der Waals surface area contributed by atoms with Gasteiger partial charge in [0, 0.05) is 12.6 Å². The highest BCUT2D eigenvalue weighted by Crippen LogP contribution is 2.22. The molecule has 3 N–H and O–H groups in total. The lowest BCUT2D eigenvalue weighted by Crippen LogP contribution is -2.46. The van der Waals surface area contributed by atoms with E-state index in [4.69, 9.17) is 5.11 Å². The number of aliphatic carboxylic acids is 1. The Labute approximate surface area is 121 Å². The van der Waals surface area contributed by atoms with Gasteiger partial charge in [0.25, 0.3) is 0 Å². The summed E-state index contributed by atoms with van der Waals surface area (Å²) in [6, 6.07) is -0.0157. The van der Waals surface area contributed by atoms with E-state index in [2.05, 4.69) is 17.6 Å². The monoisotopic (exact) mass is 284 g/mol. The molecule has 3 unspecified atom stereocenters. The molecular formula is C15H28N2O3. The van der Waals surface area contributed by atoms with Crippen LogP contribution in [0.25, 0.3) is 0 Å². The molecule has 1 aliphatic carbocycles. The summed E-state index contributed by atoms with van der Waals surface area (Å²) in [7, 11) is 0. The smallest absolute Gasteiger partial charge is 0.315 e. The predicted molar refractivity (Wildman–Crippen MR) is 78.6 cm³/mol. The molecule has 0 aromatic rings. The topological polar surface area (TPSA) is 78.4 Å². The maximum Gasteiger partial charge on any atom is 0.315 e. The van der Waals surface area contributed by atoms with E-state index in [1.54, 1.807) is 0 Å². The zero-order chi connectivity index (χ0) is 15.0. The first-order valence-corrected chi connectivity index (χ1v) is 7.81. The Bertz CT molecular complexity index is 320. The molecule has 116 valence electrons. The summed E-state index contributed by atoms with van der Waals surface area (Å²) < 4.78 is 0. The number of urea groups is 1. The van der Waals surface area contributed by atoms with Crippen molar-refractivity contribution in [1.29, 1.82) is 0 Å². The Kier molecular flexibility index (Phi) is 7.41. The highest BCUT2D eigenvalue weighted by atomic mass is 16.4. The Morgan fingerprint density at radius 2 is 1.95 bits per heavy atom. The Balaban J connectivity index is 2.36. The van der Waals surface area contributed by atoms with E-state index >= 15 is 0 Å². The van der Waals surface area contributed by atoms with Gasteiger partial charge in [-0.2, -0.15) is 0 Å². The van der Waals surface area contributed by atoms with Crippen molar-refractivity contribution in [1.82, 2.24) is 10.6 Å². The third-order valence-corrected chi connectivity index (χ3v) is 4.17. The Hall–Kier alpha value is -1.26. The van der Waals surface area contributed by atoms with Gasteiger partial charge in [0.15, 0.2) is 0 Å². The molecule has 1 rings (SSSR count). The van der Waals surface area contributed by atoms with Crippen LogP contribution in [0.3, 0.4) is 0 Å². The van der Waals surface area contributed by atoms with E-state index in [0.717, 1.165) is 25.7 Å². The third-order valence-electron chi connectivity index (χ3n) is 4.17. The van der Waals surface area contributed by atoms with Crippen LogP contribution in [-0.2, 0) is 4.79 Å². The van der Waals surface area contributed by atoms with Crippen molar-refractivity contribution in [2.24, 2.45) is 11.8 Å². The van der Waals surface area contributed by atoms with Gasteiger partial charge < -0.3 is 15.7 Å². The summed E-state index contributed by atoms with van der Waals surface area (Å²) in [5.41, 5.74) is 0. The second kappa shape index (κ2) is 8.82. The second-order valence-corrected chi connectivity index (χ2v) is 5.90. The molecule has 1 fully saturated rings. The summed E-state index contributed by atoms with van der Waals surface area (Å²) in [6.45, 7) is 4.33. The molecule has 0 spiro atoms. The molecule has 0 heterocycles. The molecule has 0 aromatic carbocycles. The minimum Gasteiger partial charge on any atom is -0.481 e. The summed E-state index contributed by atoms with van der Waals surface area (Å²) in [5, 5.41) is 14.8. The maximum atomic E-state index is 11.9. The van der Waals surface area contributed by atoms with Crippen LogP contribution >= 0.6 is 0 Å². The highest BCUT2D eigenvalue weighted by molar-refractivity contribution is 5.76. The molecule has 5 heteroatoms. The van der Waals surface area contributed by atoms with Gasteiger partial charge in [-0.3, -0.25) is 4.79 Å². The van der Waals surface area contributed by atoms with Crippen LogP contribution in [-0.4, -0.2) is 29.7 Å². The number of hydrogen-bond donors (Lipinski definition) is 3. The van der Waals surface area contributed by atoms with Crippen molar-refractivity contribution in [3.8, 4) is 0 Å². The van der Waals surface area contributed by atoms with E-state index < -0.39 is 11.9 Å². The molecular weight excluding hydrogens is 256 g/mol. The van der Waals surface area contributed by atoms with Crippen LogP contribution in [0.5, 0.6) is 0 Å². The van der Waals surface area contributed by atoms with Crippen LogP contribution in [0, 0.1) is 11.8 Å². The molecule has 0 bridgehead atoms. The molecule has 0 saturated heterocycles. The zero-order valence-corrected chi connectivity index (χ0v) is 12.7. The van der Waals surface area contributed by atoms with E-state index in [-0.39, 0.29) is 18.6 Å². The molecule has 0 aliphatic heterocycles. The normalized spacial score (nSPS) is 24.5. The lowest BCUT2D eigenvalue weighted by molar-refractivity contribution is -0.141. The summed E-state index contributed by atoms with van der Waals surface area (Å²) in [4.78, 5) is 22.9. The molecule has 20 heavy (non-hydrogen) atoms. The number of carbonyl (C=O) groups excluding carboxylic acids is 1. The van der Waals surface area contributed by atoms with Gasteiger partial charge >= 0.3 is 12.0 Å². The number of hydrogen-bond acceptors (Lipinski definition) is 2. The van der Waals surface area contributed by atoms with Gasteiger partial charge in [-0.25, -0.2) is 4.79 Å². The van der Waals surface area contributed by atoms with Crippen LogP contribution in [0.4, 0.5) is 4.79 Å². The lowest BCUT2D eigenvalue weighted by Gasteiger charge is -2.23. The van der Waals surface area contributed by atoms with Crippen molar-refractivity contribution in [3.63, 3.8) is 0 Å². The largest absolute Gasteiger partial charge is 0.481 e. The molecule has 1 aliphatic rings. The van der Waals surface area contributed by atoms with Crippen molar-refractivity contribution >= 4 is 12.0 Å². The molecule has 3 atom stereocenters. The van der Waals surface area contributed by atoms with Crippen molar-refractivity contribution < 1.29 is 14.7 Å². The van der Waals surface area contributed by atoms with E-state index in [1.807, 2.05) is 6.92 Å². The fraction of sp³-hybridized carbons (Fsp3) is 0.867. The fourth-order valence-corrected chi connectivity index (χ4v) is 2.80. The summed E-state index contributed by atoms with van der Waals surface area (Å²) in [6.07, 6.45) is 7.20. The highest BCUT2D eigenvalue weighted by Gasteiger charge is 2.22. The minimum atomic E-state index is -0.838. The van der Waals surface area contributed by atoms with Gasteiger partial charge in [0.1, 0.15) is 0 Å². The fourth-order valence-electron chi connectivity index (χ4n) is 2.80. The molecule has 0 aromatic heterocycles. The quantitative estimate of drug-likeness (QED) is 0.656. The first-order valence-electron chi connectivity index (χ1n) is 7.81.